The summed E-state index contributed by atoms with van der Waals surface area (Å²) >= 11 is 0. The molecule has 0 radical (unpaired) electrons. The van der Waals surface area contributed by atoms with E-state index in [0.29, 0.717) is 35.8 Å². The van der Waals surface area contributed by atoms with Crippen LogP contribution in [0.25, 0.3) is 10.8 Å². The molecule has 0 spiro atoms. The third-order valence-electron chi connectivity index (χ3n) is 5.93. The number of allylic oxidation sites excluding steroid dienone is 1. The van der Waals surface area contributed by atoms with Gasteiger partial charge < -0.3 is 14.2 Å². The minimum Gasteiger partial charge on any atom is -0.496 e. The first kappa shape index (κ1) is 25.5. The molecule has 37 heavy (non-hydrogen) atoms. The molecule has 0 aliphatic rings. The summed E-state index contributed by atoms with van der Waals surface area (Å²) in [5.41, 5.74) is 6.93. The fourth-order valence-corrected chi connectivity index (χ4v) is 4.01. The van der Waals surface area contributed by atoms with Gasteiger partial charge in [0.15, 0.2) is 11.5 Å². The lowest BCUT2D eigenvalue weighted by Crippen LogP contribution is -2.18. The lowest BCUT2D eigenvalue weighted by molar-refractivity contribution is 0.0952. The number of hydrogen-bond acceptors (Lipinski definition) is 5. The van der Waals surface area contributed by atoms with Crippen LogP contribution < -0.4 is 19.6 Å². The molecule has 0 saturated carbocycles. The van der Waals surface area contributed by atoms with Crippen LogP contribution in [-0.2, 0) is 13.0 Å². The van der Waals surface area contributed by atoms with Crippen molar-refractivity contribution in [2.24, 2.45) is 5.10 Å². The minimum atomic E-state index is -0.366. The summed E-state index contributed by atoms with van der Waals surface area (Å²) in [4.78, 5) is 12.9. The van der Waals surface area contributed by atoms with Crippen molar-refractivity contribution in [2.45, 2.75) is 20.0 Å². The standard InChI is InChI=1S/C31H30N2O4/c1-5-8-26-15-23(16-29(36-4)30(26)37-20-22-13-11-21(2)12-14-22)19-32-33-31(34)27-17-24-9-6-7-10-25(24)18-28(27)35-3/h5-7,9-19H,1,8,20H2,2-4H3,(H,33,34). The zero-order valence-corrected chi connectivity index (χ0v) is 21.3. The number of fused-ring (bicyclic) bond motifs is 1. The molecule has 4 rings (SSSR count). The highest BCUT2D eigenvalue weighted by Gasteiger charge is 2.15. The molecule has 1 N–H and O–H groups in total. The molecule has 6 nitrogen and oxygen atoms in total. The Morgan fingerprint density at radius 2 is 1.65 bits per heavy atom. The average molecular weight is 495 g/mol. The Bertz CT molecular complexity index is 1440. The van der Waals surface area contributed by atoms with Gasteiger partial charge in [-0.3, -0.25) is 4.79 Å². The summed E-state index contributed by atoms with van der Waals surface area (Å²) in [5, 5.41) is 6.11. The van der Waals surface area contributed by atoms with E-state index in [2.05, 4.69) is 36.2 Å². The number of rotatable bonds is 10. The first-order valence-corrected chi connectivity index (χ1v) is 11.9. The number of methoxy groups -OCH3 is 2. The molecule has 0 bridgehead atoms. The maximum atomic E-state index is 12.9. The fourth-order valence-electron chi connectivity index (χ4n) is 4.01. The van der Waals surface area contributed by atoms with Crippen LogP contribution in [0.1, 0.15) is 32.6 Å². The molecular weight excluding hydrogens is 464 g/mol. The molecule has 0 aliphatic heterocycles. The largest absolute Gasteiger partial charge is 0.496 e. The minimum absolute atomic E-state index is 0.366. The molecule has 0 atom stereocenters. The first-order valence-electron chi connectivity index (χ1n) is 11.9. The van der Waals surface area contributed by atoms with E-state index < -0.39 is 0 Å². The monoisotopic (exact) mass is 494 g/mol. The van der Waals surface area contributed by atoms with E-state index in [1.165, 1.54) is 5.56 Å². The van der Waals surface area contributed by atoms with Gasteiger partial charge in [0.2, 0.25) is 0 Å². The van der Waals surface area contributed by atoms with Crippen molar-refractivity contribution in [1.82, 2.24) is 5.43 Å². The van der Waals surface area contributed by atoms with Gasteiger partial charge in [-0.15, -0.1) is 6.58 Å². The number of hydrazone groups is 1. The molecule has 0 aromatic heterocycles. The Balaban J connectivity index is 1.53. The molecular formula is C31H30N2O4. The van der Waals surface area contributed by atoms with Gasteiger partial charge in [0, 0.05) is 5.56 Å². The molecule has 0 unspecified atom stereocenters. The van der Waals surface area contributed by atoms with Crippen molar-refractivity contribution in [1.29, 1.82) is 0 Å². The second kappa shape index (κ2) is 11.9. The molecule has 4 aromatic rings. The highest BCUT2D eigenvalue weighted by molar-refractivity contribution is 6.02. The number of carbonyl (C=O) groups excluding carboxylic acids is 1. The van der Waals surface area contributed by atoms with Crippen LogP contribution in [-0.4, -0.2) is 26.3 Å². The zero-order chi connectivity index (χ0) is 26.2. The van der Waals surface area contributed by atoms with Crippen molar-refractivity contribution in [3.05, 3.63) is 113 Å². The Morgan fingerprint density at radius 3 is 2.32 bits per heavy atom. The van der Waals surface area contributed by atoms with Crippen LogP contribution in [0.4, 0.5) is 0 Å². The fraction of sp³-hybridized carbons (Fsp3) is 0.161. The van der Waals surface area contributed by atoms with Gasteiger partial charge in [0.1, 0.15) is 12.4 Å². The Labute approximate surface area is 217 Å². The molecule has 0 aliphatic carbocycles. The van der Waals surface area contributed by atoms with Crippen LogP contribution in [0, 0.1) is 6.92 Å². The van der Waals surface area contributed by atoms with E-state index in [1.54, 1.807) is 26.5 Å². The number of aryl methyl sites for hydroxylation is 1. The number of nitrogens with zero attached hydrogens (tertiary/aromatic N) is 1. The molecule has 6 heteroatoms. The van der Waals surface area contributed by atoms with Crippen molar-refractivity contribution >= 4 is 22.9 Å². The summed E-state index contributed by atoms with van der Waals surface area (Å²) in [6.07, 6.45) is 3.97. The SMILES string of the molecule is C=CCc1cc(C=NNC(=O)c2cc3ccccc3cc2OC)cc(OC)c1OCc1ccc(C)cc1. The van der Waals surface area contributed by atoms with Gasteiger partial charge in [0.05, 0.1) is 26.0 Å². The lowest BCUT2D eigenvalue weighted by Gasteiger charge is -2.16. The summed E-state index contributed by atoms with van der Waals surface area (Å²) < 4.78 is 17.2. The van der Waals surface area contributed by atoms with E-state index in [9.17, 15) is 4.79 Å². The van der Waals surface area contributed by atoms with Gasteiger partial charge >= 0.3 is 0 Å². The summed E-state index contributed by atoms with van der Waals surface area (Å²) in [6.45, 7) is 6.34. The summed E-state index contributed by atoms with van der Waals surface area (Å²) in [6, 6.07) is 23.4. The number of benzene rings is 4. The summed E-state index contributed by atoms with van der Waals surface area (Å²) in [7, 11) is 3.14. The predicted octanol–water partition coefficient (Wildman–Crippen LogP) is 6.24. The predicted molar refractivity (Wildman–Crippen MR) is 148 cm³/mol. The highest BCUT2D eigenvalue weighted by Crippen LogP contribution is 2.34. The Morgan fingerprint density at radius 1 is 0.946 bits per heavy atom. The lowest BCUT2D eigenvalue weighted by atomic mass is 10.1. The van der Waals surface area contributed by atoms with Crippen LogP contribution in [0.3, 0.4) is 0 Å². The van der Waals surface area contributed by atoms with Crippen molar-refractivity contribution in [2.75, 3.05) is 14.2 Å². The summed E-state index contributed by atoms with van der Waals surface area (Å²) in [5.74, 6) is 1.35. The topological polar surface area (TPSA) is 69.2 Å². The Kier molecular flexibility index (Phi) is 8.21. The third kappa shape index (κ3) is 6.16. The van der Waals surface area contributed by atoms with E-state index >= 15 is 0 Å². The van der Waals surface area contributed by atoms with E-state index in [-0.39, 0.29) is 5.91 Å². The molecule has 188 valence electrons. The van der Waals surface area contributed by atoms with E-state index in [4.69, 9.17) is 14.2 Å². The van der Waals surface area contributed by atoms with Crippen LogP contribution in [0.15, 0.2) is 90.6 Å². The second-order valence-corrected chi connectivity index (χ2v) is 8.58. The van der Waals surface area contributed by atoms with Crippen molar-refractivity contribution in [3.8, 4) is 17.2 Å². The van der Waals surface area contributed by atoms with Crippen molar-refractivity contribution < 1.29 is 19.0 Å². The number of carbonyl (C=O) groups is 1. The smallest absolute Gasteiger partial charge is 0.275 e. The second-order valence-electron chi connectivity index (χ2n) is 8.58. The van der Waals surface area contributed by atoms with E-state index in [0.717, 1.165) is 27.5 Å². The maximum Gasteiger partial charge on any atom is 0.275 e. The molecule has 0 fully saturated rings. The normalized spacial score (nSPS) is 10.9. The van der Waals surface area contributed by atoms with Gasteiger partial charge in [-0.05, 0) is 59.5 Å². The average Bonchev–Trinajstić information content (AvgIpc) is 2.92. The number of hydrogen-bond donors (Lipinski definition) is 1. The first-order chi connectivity index (χ1) is 18.0. The van der Waals surface area contributed by atoms with Gasteiger partial charge in [0.25, 0.3) is 5.91 Å². The molecule has 0 saturated heterocycles. The zero-order valence-electron chi connectivity index (χ0n) is 21.3. The van der Waals surface area contributed by atoms with Crippen LogP contribution >= 0.6 is 0 Å². The number of nitrogens with one attached hydrogen (secondary N) is 1. The molecule has 1 amide bonds. The number of amides is 1. The molecule has 0 heterocycles. The van der Waals surface area contributed by atoms with Crippen molar-refractivity contribution in [3.63, 3.8) is 0 Å². The van der Waals surface area contributed by atoms with Gasteiger partial charge in [-0.2, -0.15) is 5.10 Å². The van der Waals surface area contributed by atoms with Crippen LogP contribution in [0.2, 0.25) is 0 Å². The third-order valence-corrected chi connectivity index (χ3v) is 5.93. The number of ether oxygens (including phenoxy) is 3. The van der Waals surface area contributed by atoms with Crippen LogP contribution in [0.5, 0.6) is 17.2 Å². The Hall–Kier alpha value is -4.58. The highest BCUT2D eigenvalue weighted by atomic mass is 16.5. The van der Waals surface area contributed by atoms with Gasteiger partial charge in [-0.1, -0.05) is 60.2 Å². The quantitative estimate of drug-likeness (QED) is 0.161. The van der Waals surface area contributed by atoms with Gasteiger partial charge in [-0.25, -0.2) is 5.43 Å². The van der Waals surface area contributed by atoms with E-state index in [1.807, 2.05) is 60.7 Å². The molecule has 4 aromatic carbocycles. The maximum absolute atomic E-state index is 12.9.